The lowest BCUT2D eigenvalue weighted by molar-refractivity contribution is 0.0913. The van der Waals surface area contributed by atoms with Crippen LogP contribution < -0.4 is 5.32 Å². The largest absolute Gasteiger partial charge is 0.508 e. The van der Waals surface area contributed by atoms with Crippen molar-refractivity contribution in [2.45, 2.75) is 6.04 Å². The number of rotatable bonds is 4. The first kappa shape index (κ1) is 13.9. The number of phenols is 2. The second kappa shape index (κ2) is 6.08. The zero-order valence-corrected chi connectivity index (χ0v) is 10.7. The zero-order chi connectivity index (χ0) is 14.5. The summed E-state index contributed by atoms with van der Waals surface area (Å²) in [6.07, 6.45) is 0. The molecular weight excluding hydrogens is 258 g/mol. The van der Waals surface area contributed by atoms with Crippen LogP contribution in [0.25, 0.3) is 0 Å². The van der Waals surface area contributed by atoms with Gasteiger partial charge in [0, 0.05) is 0 Å². The molecule has 0 bridgehead atoms. The molecule has 0 aliphatic rings. The Morgan fingerprint density at radius 1 is 1.10 bits per heavy atom. The predicted molar refractivity (Wildman–Crippen MR) is 73.5 cm³/mol. The minimum Gasteiger partial charge on any atom is -0.508 e. The number of hydrogen-bond donors (Lipinski definition) is 4. The van der Waals surface area contributed by atoms with Crippen LogP contribution in [0.5, 0.6) is 11.5 Å². The van der Waals surface area contributed by atoms with Crippen molar-refractivity contribution in [2.75, 3.05) is 6.61 Å². The van der Waals surface area contributed by atoms with Crippen molar-refractivity contribution >= 4 is 5.91 Å². The smallest absolute Gasteiger partial charge is 0.255 e. The Kier molecular flexibility index (Phi) is 4.22. The maximum Gasteiger partial charge on any atom is 0.255 e. The van der Waals surface area contributed by atoms with Crippen LogP contribution in [0.2, 0.25) is 0 Å². The highest BCUT2D eigenvalue weighted by Gasteiger charge is 2.17. The molecule has 2 aromatic rings. The average molecular weight is 273 g/mol. The second-order valence-corrected chi connectivity index (χ2v) is 4.32. The van der Waals surface area contributed by atoms with Crippen molar-refractivity contribution < 1.29 is 20.1 Å². The zero-order valence-electron chi connectivity index (χ0n) is 10.7. The fourth-order valence-electron chi connectivity index (χ4n) is 1.86. The number of hydrogen-bond acceptors (Lipinski definition) is 4. The molecule has 5 nitrogen and oxygen atoms in total. The van der Waals surface area contributed by atoms with Crippen LogP contribution >= 0.6 is 0 Å². The number of aliphatic hydroxyl groups excluding tert-OH is 1. The molecule has 1 atom stereocenters. The lowest BCUT2D eigenvalue weighted by Crippen LogP contribution is -2.30. The second-order valence-electron chi connectivity index (χ2n) is 4.32. The summed E-state index contributed by atoms with van der Waals surface area (Å²) in [5.74, 6) is -0.917. The Bertz CT molecular complexity index is 598. The highest BCUT2D eigenvalue weighted by Crippen LogP contribution is 2.23. The molecule has 0 spiro atoms. The minimum atomic E-state index is -0.578. The van der Waals surface area contributed by atoms with Crippen molar-refractivity contribution in [3.8, 4) is 11.5 Å². The average Bonchev–Trinajstić information content (AvgIpc) is 2.48. The van der Waals surface area contributed by atoms with E-state index in [1.165, 1.54) is 18.2 Å². The number of amides is 1. The van der Waals surface area contributed by atoms with E-state index in [-0.39, 0.29) is 23.7 Å². The molecule has 5 heteroatoms. The van der Waals surface area contributed by atoms with E-state index < -0.39 is 11.9 Å². The molecule has 0 aliphatic heterocycles. The van der Waals surface area contributed by atoms with Gasteiger partial charge in [0.15, 0.2) is 0 Å². The molecule has 0 radical (unpaired) electrons. The molecule has 0 saturated heterocycles. The van der Waals surface area contributed by atoms with Gasteiger partial charge in [-0.25, -0.2) is 0 Å². The molecule has 2 aromatic carbocycles. The summed E-state index contributed by atoms with van der Waals surface area (Å²) < 4.78 is 0. The van der Waals surface area contributed by atoms with E-state index in [1.807, 2.05) is 6.07 Å². The van der Waals surface area contributed by atoms with Crippen LogP contribution in [0.1, 0.15) is 22.0 Å². The van der Waals surface area contributed by atoms with Crippen LogP contribution in [0.4, 0.5) is 0 Å². The number of aliphatic hydroxyl groups is 1. The molecule has 1 amide bonds. The third kappa shape index (κ3) is 3.07. The standard InChI is InChI=1S/C15H15NO4/c17-9-13(10-4-2-1-3-5-10)16-15(20)12-8-11(18)6-7-14(12)19/h1-8,13,17-19H,9H2,(H,16,20). The summed E-state index contributed by atoms with van der Waals surface area (Å²) in [5.41, 5.74) is 0.711. The third-order valence-corrected chi connectivity index (χ3v) is 2.91. The first-order valence-corrected chi connectivity index (χ1v) is 6.10. The van der Waals surface area contributed by atoms with Crippen LogP contribution in [-0.4, -0.2) is 27.8 Å². The van der Waals surface area contributed by atoms with Gasteiger partial charge in [-0.1, -0.05) is 30.3 Å². The SMILES string of the molecule is O=C(NC(CO)c1ccccc1)c1cc(O)ccc1O. The molecule has 1 unspecified atom stereocenters. The van der Waals surface area contributed by atoms with E-state index in [1.54, 1.807) is 24.3 Å². The number of aromatic hydroxyl groups is 2. The van der Waals surface area contributed by atoms with E-state index in [4.69, 9.17) is 0 Å². The van der Waals surface area contributed by atoms with Gasteiger partial charge in [-0.2, -0.15) is 0 Å². The topological polar surface area (TPSA) is 89.8 Å². The first-order chi connectivity index (χ1) is 9.61. The molecule has 0 saturated carbocycles. The van der Waals surface area contributed by atoms with Crippen LogP contribution in [0, 0.1) is 0 Å². The number of carbonyl (C=O) groups excluding carboxylic acids is 1. The van der Waals surface area contributed by atoms with E-state index in [0.29, 0.717) is 0 Å². The predicted octanol–water partition coefficient (Wildman–Crippen LogP) is 1.56. The van der Waals surface area contributed by atoms with Crippen LogP contribution in [0.15, 0.2) is 48.5 Å². The molecule has 0 aliphatic carbocycles. The van der Waals surface area contributed by atoms with Crippen molar-refractivity contribution in [2.24, 2.45) is 0 Å². The molecule has 0 heterocycles. The quantitative estimate of drug-likeness (QED) is 0.636. The summed E-state index contributed by atoms with van der Waals surface area (Å²) in [7, 11) is 0. The molecule has 0 fully saturated rings. The highest BCUT2D eigenvalue weighted by atomic mass is 16.3. The van der Waals surface area contributed by atoms with E-state index in [0.717, 1.165) is 5.56 Å². The Morgan fingerprint density at radius 2 is 1.80 bits per heavy atom. The molecule has 20 heavy (non-hydrogen) atoms. The van der Waals surface area contributed by atoms with E-state index in [2.05, 4.69) is 5.32 Å². The molecule has 2 rings (SSSR count). The van der Waals surface area contributed by atoms with Gasteiger partial charge in [0.25, 0.3) is 5.91 Å². The minimum absolute atomic E-state index is 0.0422. The highest BCUT2D eigenvalue weighted by molar-refractivity contribution is 5.97. The van der Waals surface area contributed by atoms with Crippen molar-refractivity contribution in [1.29, 1.82) is 0 Å². The first-order valence-electron chi connectivity index (χ1n) is 6.10. The number of benzene rings is 2. The van der Waals surface area contributed by atoms with Gasteiger partial charge >= 0.3 is 0 Å². The fraction of sp³-hybridized carbons (Fsp3) is 0.133. The Balaban J connectivity index is 2.20. The van der Waals surface area contributed by atoms with Gasteiger partial charge in [0.05, 0.1) is 18.2 Å². The summed E-state index contributed by atoms with van der Waals surface area (Å²) in [6, 6.07) is 12.1. The van der Waals surface area contributed by atoms with Crippen molar-refractivity contribution in [1.82, 2.24) is 5.32 Å². The number of nitrogens with one attached hydrogen (secondary N) is 1. The maximum absolute atomic E-state index is 12.1. The number of carbonyl (C=O) groups is 1. The fourth-order valence-corrected chi connectivity index (χ4v) is 1.86. The summed E-state index contributed by atoms with van der Waals surface area (Å²) in [5, 5.41) is 31.0. The summed E-state index contributed by atoms with van der Waals surface area (Å²) in [6.45, 7) is -0.269. The van der Waals surface area contributed by atoms with Gasteiger partial charge in [-0.15, -0.1) is 0 Å². The van der Waals surface area contributed by atoms with Gasteiger partial charge < -0.3 is 20.6 Å². The van der Waals surface area contributed by atoms with E-state index >= 15 is 0 Å². The van der Waals surface area contributed by atoms with Gasteiger partial charge in [0.2, 0.25) is 0 Å². The summed E-state index contributed by atoms with van der Waals surface area (Å²) >= 11 is 0. The van der Waals surface area contributed by atoms with Gasteiger partial charge in [-0.3, -0.25) is 4.79 Å². The van der Waals surface area contributed by atoms with E-state index in [9.17, 15) is 20.1 Å². The van der Waals surface area contributed by atoms with Crippen LogP contribution in [0.3, 0.4) is 0 Å². The van der Waals surface area contributed by atoms with Crippen LogP contribution in [-0.2, 0) is 0 Å². The lowest BCUT2D eigenvalue weighted by Gasteiger charge is -2.17. The van der Waals surface area contributed by atoms with Gasteiger partial charge in [0.1, 0.15) is 11.5 Å². The lowest BCUT2D eigenvalue weighted by atomic mass is 10.1. The Morgan fingerprint density at radius 3 is 2.45 bits per heavy atom. The molecule has 0 aromatic heterocycles. The summed E-state index contributed by atoms with van der Waals surface area (Å²) in [4.78, 5) is 12.1. The maximum atomic E-state index is 12.1. The van der Waals surface area contributed by atoms with Crippen molar-refractivity contribution in [3.63, 3.8) is 0 Å². The Hall–Kier alpha value is -2.53. The third-order valence-electron chi connectivity index (χ3n) is 2.91. The Labute approximate surface area is 116 Å². The van der Waals surface area contributed by atoms with Crippen molar-refractivity contribution in [3.05, 3.63) is 59.7 Å². The molecular formula is C15H15NO4. The molecule has 104 valence electrons. The monoisotopic (exact) mass is 273 g/mol. The number of phenolic OH excluding ortho intramolecular Hbond substituents is 2. The molecule has 4 N–H and O–H groups in total. The van der Waals surface area contributed by atoms with Gasteiger partial charge in [-0.05, 0) is 23.8 Å². The normalized spacial score (nSPS) is 11.8.